The number of hydrogen-bond acceptors (Lipinski definition) is 2. The maximum absolute atomic E-state index is 11.8. The van der Waals surface area contributed by atoms with E-state index in [1.165, 1.54) is 12.0 Å². The second-order valence-electron chi connectivity index (χ2n) is 4.94. The summed E-state index contributed by atoms with van der Waals surface area (Å²) in [7, 11) is 0. The van der Waals surface area contributed by atoms with Gasteiger partial charge in [-0.15, -0.1) is 0 Å². The summed E-state index contributed by atoms with van der Waals surface area (Å²) in [6, 6.07) is 7.96. The highest BCUT2D eigenvalue weighted by molar-refractivity contribution is 5.74. The van der Waals surface area contributed by atoms with E-state index in [1.54, 1.807) is 0 Å². The zero-order chi connectivity index (χ0) is 13.5. The molecule has 0 unspecified atom stereocenters. The van der Waals surface area contributed by atoms with Crippen LogP contribution >= 0.6 is 0 Å². The maximum atomic E-state index is 11.8. The summed E-state index contributed by atoms with van der Waals surface area (Å²) in [5, 5.41) is 2.90. The molecule has 1 heterocycles. The molecule has 0 bridgehead atoms. The number of ether oxygens (including phenoxy) is 1. The van der Waals surface area contributed by atoms with Gasteiger partial charge in [0, 0.05) is 13.1 Å². The van der Waals surface area contributed by atoms with E-state index >= 15 is 0 Å². The van der Waals surface area contributed by atoms with Crippen LogP contribution in [0.3, 0.4) is 0 Å². The number of benzene rings is 1. The highest BCUT2D eigenvalue weighted by atomic mass is 16.5. The largest absolute Gasteiger partial charge is 0.492 e. The molecule has 1 aliphatic rings. The predicted octanol–water partition coefficient (Wildman–Crippen LogP) is 2.57. The summed E-state index contributed by atoms with van der Waals surface area (Å²) in [4.78, 5) is 13.7. The van der Waals surface area contributed by atoms with E-state index in [2.05, 4.69) is 5.32 Å². The third-order valence-corrected chi connectivity index (χ3v) is 3.28. The van der Waals surface area contributed by atoms with Gasteiger partial charge in [0.05, 0.1) is 6.54 Å². The average Bonchev–Trinajstić information content (AvgIpc) is 2.44. The molecule has 2 amide bonds. The van der Waals surface area contributed by atoms with Gasteiger partial charge in [0.2, 0.25) is 0 Å². The predicted molar refractivity (Wildman–Crippen MR) is 75.5 cm³/mol. The van der Waals surface area contributed by atoms with E-state index in [0.717, 1.165) is 31.7 Å². The lowest BCUT2D eigenvalue weighted by Crippen LogP contribution is -2.43. The average molecular weight is 262 g/mol. The minimum absolute atomic E-state index is 0.0348. The molecule has 0 aliphatic carbocycles. The van der Waals surface area contributed by atoms with Crippen LogP contribution in [-0.4, -0.2) is 37.2 Å². The molecule has 4 nitrogen and oxygen atoms in total. The number of aryl methyl sites for hydroxylation is 1. The first kappa shape index (κ1) is 13.7. The molecular weight excluding hydrogens is 240 g/mol. The summed E-state index contributed by atoms with van der Waals surface area (Å²) in [6.07, 6.45) is 3.47. The number of rotatable bonds is 4. The van der Waals surface area contributed by atoms with E-state index in [9.17, 15) is 4.79 Å². The zero-order valence-corrected chi connectivity index (χ0v) is 11.5. The Morgan fingerprint density at radius 3 is 2.84 bits per heavy atom. The van der Waals surface area contributed by atoms with Gasteiger partial charge in [-0.2, -0.15) is 0 Å². The first-order chi connectivity index (χ1) is 9.25. The lowest BCUT2D eigenvalue weighted by atomic mass is 10.1. The van der Waals surface area contributed by atoms with E-state index in [1.807, 2.05) is 36.1 Å². The Morgan fingerprint density at radius 2 is 2.11 bits per heavy atom. The van der Waals surface area contributed by atoms with Crippen molar-refractivity contribution in [1.29, 1.82) is 0 Å². The smallest absolute Gasteiger partial charge is 0.317 e. The molecule has 2 rings (SSSR count). The molecule has 19 heavy (non-hydrogen) atoms. The normalized spacial score (nSPS) is 15.1. The Balaban J connectivity index is 1.65. The van der Waals surface area contributed by atoms with Crippen LogP contribution in [0, 0.1) is 6.92 Å². The minimum Gasteiger partial charge on any atom is -0.492 e. The fourth-order valence-electron chi connectivity index (χ4n) is 2.24. The van der Waals surface area contributed by atoms with Crippen molar-refractivity contribution in [1.82, 2.24) is 10.2 Å². The van der Waals surface area contributed by atoms with Crippen molar-refractivity contribution in [3.8, 4) is 5.75 Å². The van der Waals surface area contributed by atoms with Gasteiger partial charge in [-0.3, -0.25) is 0 Å². The third kappa shape index (κ3) is 4.47. The Hall–Kier alpha value is -1.71. The summed E-state index contributed by atoms with van der Waals surface area (Å²) >= 11 is 0. The molecule has 1 fully saturated rings. The van der Waals surface area contributed by atoms with Crippen LogP contribution in [0.15, 0.2) is 24.3 Å². The number of amides is 2. The van der Waals surface area contributed by atoms with Crippen molar-refractivity contribution >= 4 is 6.03 Å². The second kappa shape index (κ2) is 7.02. The van der Waals surface area contributed by atoms with Crippen LogP contribution in [0.2, 0.25) is 0 Å². The fourth-order valence-corrected chi connectivity index (χ4v) is 2.24. The van der Waals surface area contributed by atoms with Gasteiger partial charge < -0.3 is 15.0 Å². The molecule has 4 heteroatoms. The first-order valence-electron chi connectivity index (χ1n) is 6.98. The standard InChI is InChI=1S/C15H22N2O2/c1-13-6-5-7-14(12-13)19-11-8-16-15(18)17-9-3-2-4-10-17/h5-7,12H,2-4,8-11H2,1H3,(H,16,18). The second-order valence-corrected chi connectivity index (χ2v) is 4.94. The van der Waals surface area contributed by atoms with Gasteiger partial charge in [-0.25, -0.2) is 4.79 Å². The molecule has 1 aromatic rings. The Morgan fingerprint density at radius 1 is 1.32 bits per heavy atom. The molecule has 104 valence electrons. The number of hydrogen-bond donors (Lipinski definition) is 1. The zero-order valence-electron chi connectivity index (χ0n) is 11.5. The topological polar surface area (TPSA) is 41.6 Å². The van der Waals surface area contributed by atoms with Crippen molar-refractivity contribution in [3.63, 3.8) is 0 Å². The van der Waals surface area contributed by atoms with Gasteiger partial charge >= 0.3 is 6.03 Å². The highest BCUT2D eigenvalue weighted by Gasteiger charge is 2.15. The first-order valence-corrected chi connectivity index (χ1v) is 6.98. The van der Waals surface area contributed by atoms with E-state index in [-0.39, 0.29) is 6.03 Å². The molecule has 1 aliphatic heterocycles. The lowest BCUT2D eigenvalue weighted by molar-refractivity contribution is 0.184. The van der Waals surface area contributed by atoms with Crippen molar-refractivity contribution in [2.75, 3.05) is 26.2 Å². The highest BCUT2D eigenvalue weighted by Crippen LogP contribution is 2.12. The van der Waals surface area contributed by atoms with Crippen molar-refractivity contribution in [2.24, 2.45) is 0 Å². The van der Waals surface area contributed by atoms with E-state index in [4.69, 9.17) is 4.74 Å². The van der Waals surface area contributed by atoms with Crippen LogP contribution in [0.25, 0.3) is 0 Å². The fraction of sp³-hybridized carbons (Fsp3) is 0.533. The van der Waals surface area contributed by atoms with E-state index in [0.29, 0.717) is 13.2 Å². The number of carbonyl (C=O) groups is 1. The van der Waals surface area contributed by atoms with Crippen LogP contribution in [-0.2, 0) is 0 Å². The number of urea groups is 1. The van der Waals surface area contributed by atoms with E-state index < -0.39 is 0 Å². The number of nitrogens with one attached hydrogen (secondary N) is 1. The molecule has 1 saturated heterocycles. The minimum atomic E-state index is 0.0348. The number of carbonyl (C=O) groups excluding carboxylic acids is 1. The number of nitrogens with zero attached hydrogens (tertiary/aromatic N) is 1. The molecule has 1 N–H and O–H groups in total. The van der Waals surface area contributed by atoms with Crippen LogP contribution in [0.1, 0.15) is 24.8 Å². The quantitative estimate of drug-likeness (QED) is 0.847. The Bertz CT molecular complexity index is 414. The van der Waals surface area contributed by atoms with Gasteiger partial charge in [0.15, 0.2) is 0 Å². The van der Waals surface area contributed by atoms with Gasteiger partial charge in [-0.05, 0) is 43.9 Å². The molecule has 1 aromatic carbocycles. The van der Waals surface area contributed by atoms with Gasteiger partial charge in [0.1, 0.15) is 12.4 Å². The molecule has 0 saturated carbocycles. The molecule has 0 spiro atoms. The number of likely N-dealkylation sites (tertiary alicyclic amines) is 1. The maximum Gasteiger partial charge on any atom is 0.317 e. The summed E-state index contributed by atoms with van der Waals surface area (Å²) < 4.78 is 5.59. The SMILES string of the molecule is Cc1cccc(OCCNC(=O)N2CCCCC2)c1. The van der Waals surface area contributed by atoms with Crippen LogP contribution in [0.4, 0.5) is 4.79 Å². The number of piperidine rings is 1. The summed E-state index contributed by atoms with van der Waals surface area (Å²) in [6.45, 7) is 4.84. The van der Waals surface area contributed by atoms with Gasteiger partial charge in [0.25, 0.3) is 0 Å². The molecular formula is C15H22N2O2. The lowest BCUT2D eigenvalue weighted by Gasteiger charge is -2.26. The summed E-state index contributed by atoms with van der Waals surface area (Å²) in [5.41, 5.74) is 1.18. The van der Waals surface area contributed by atoms with Gasteiger partial charge in [-0.1, -0.05) is 12.1 Å². The summed E-state index contributed by atoms with van der Waals surface area (Å²) in [5.74, 6) is 0.854. The molecule has 0 atom stereocenters. The van der Waals surface area contributed by atoms with Crippen molar-refractivity contribution < 1.29 is 9.53 Å². The van der Waals surface area contributed by atoms with Crippen molar-refractivity contribution in [2.45, 2.75) is 26.2 Å². The van der Waals surface area contributed by atoms with Crippen LogP contribution < -0.4 is 10.1 Å². The van der Waals surface area contributed by atoms with Crippen LogP contribution in [0.5, 0.6) is 5.75 Å². The Kier molecular flexibility index (Phi) is 5.07. The third-order valence-electron chi connectivity index (χ3n) is 3.28. The van der Waals surface area contributed by atoms with Crippen molar-refractivity contribution in [3.05, 3.63) is 29.8 Å². The molecule has 0 aromatic heterocycles. The monoisotopic (exact) mass is 262 g/mol. The molecule has 0 radical (unpaired) electrons. The Labute approximate surface area is 114 Å².